The smallest absolute Gasteiger partial charge is 0.338 e. The summed E-state index contributed by atoms with van der Waals surface area (Å²) in [5.74, 6) is -0.242. The Morgan fingerprint density at radius 1 is 0.636 bits per heavy atom. The lowest BCUT2D eigenvalue weighted by molar-refractivity contribution is 0.0594. The molecular formula is C37H37NO6. The van der Waals surface area contributed by atoms with Gasteiger partial charge in [-0.25, -0.2) is 9.59 Å². The minimum absolute atomic E-state index is 0.114. The van der Waals surface area contributed by atoms with Crippen LogP contribution in [0.1, 0.15) is 99.7 Å². The maximum Gasteiger partial charge on any atom is 0.338 e. The first-order valence-corrected chi connectivity index (χ1v) is 15.5. The summed E-state index contributed by atoms with van der Waals surface area (Å²) in [5.41, 5.74) is 1.39. The van der Waals surface area contributed by atoms with E-state index in [0.717, 1.165) is 70.2 Å². The maximum absolute atomic E-state index is 13.5. The standard InChI is InChI=1S/C31H25NO6.C6H12/c1-37-30(35)23-13-10-19-20-9-12-22(29(34)32-17-5-3-4-6-17)28-24(31(36)38-2)14-11-21(27(20)28)18-8-7-16(15-33)25(23)26(18)19;1-6-4-2-3-5-6/h7-15,17H,3-6H2,1-2H3,(H,32,34);6H,2-5H2,1H3. The summed E-state index contributed by atoms with van der Waals surface area (Å²) in [5, 5.41) is 8.89. The third-order valence-corrected chi connectivity index (χ3v) is 9.45. The Balaban J connectivity index is 0.000000513. The highest BCUT2D eigenvalue weighted by Gasteiger charge is 2.26. The van der Waals surface area contributed by atoms with Gasteiger partial charge in [-0.3, -0.25) is 9.59 Å². The number of carbonyl (C=O) groups excluding carboxylic acids is 4. The molecule has 2 aliphatic rings. The van der Waals surface area contributed by atoms with Gasteiger partial charge >= 0.3 is 11.9 Å². The number of amides is 1. The highest BCUT2D eigenvalue weighted by molar-refractivity contribution is 6.38. The minimum Gasteiger partial charge on any atom is -0.465 e. The van der Waals surface area contributed by atoms with Crippen LogP contribution in [0.3, 0.4) is 0 Å². The van der Waals surface area contributed by atoms with Gasteiger partial charge in [-0.05, 0) is 69.3 Å². The van der Waals surface area contributed by atoms with Crippen LogP contribution >= 0.6 is 0 Å². The van der Waals surface area contributed by atoms with Crippen LogP contribution in [0, 0.1) is 5.92 Å². The first-order valence-electron chi connectivity index (χ1n) is 15.5. The molecule has 0 unspecified atom stereocenters. The van der Waals surface area contributed by atoms with Gasteiger partial charge in [0, 0.05) is 27.9 Å². The Labute approximate surface area is 256 Å². The third-order valence-electron chi connectivity index (χ3n) is 9.45. The van der Waals surface area contributed by atoms with E-state index in [0.29, 0.717) is 33.0 Å². The number of fused-ring (bicyclic) bond motifs is 2. The van der Waals surface area contributed by atoms with Crippen molar-refractivity contribution in [2.45, 2.75) is 64.3 Å². The lowest BCUT2D eigenvalue weighted by Gasteiger charge is -2.20. The van der Waals surface area contributed by atoms with Gasteiger partial charge in [0.1, 0.15) is 0 Å². The molecule has 7 rings (SSSR count). The van der Waals surface area contributed by atoms with Gasteiger partial charge in [0.2, 0.25) is 0 Å². The van der Waals surface area contributed by atoms with Crippen molar-refractivity contribution in [3.8, 4) is 0 Å². The summed E-state index contributed by atoms with van der Waals surface area (Å²) in [6.45, 7) is 2.34. The Morgan fingerprint density at radius 2 is 1.09 bits per heavy atom. The summed E-state index contributed by atoms with van der Waals surface area (Å²) < 4.78 is 10.1. The lowest BCUT2D eigenvalue weighted by Crippen LogP contribution is -2.32. The van der Waals surface area contributed by atoms with Crippen molar-refractivity contribution in [3.05, 3.63) is 70.8 Å². The molecule has 2 aliphatic carbocycles. The van der Waals surface area contributed by atoms with Gasteiger partial charge in [0.25, 0.3) is 5.91 Å². The molecule has 0 radical (unpaired) electrons. The van der Waals surface area contributed by atoms with Gasteiger partial charge in [-0.1, -0.05) is 75.8 Å². The lowest BCUT2D eigenvalue weighted by atomic mass is 9.84. The second kappa shape index (κ2) is 12.2. The van der Waals surface area contributed by atoms with Crippen LogP contribution in [-0.4, -0.2) is 44.4 Å². The fraction of sp³-hybridized carbons (Fsp3) is 0.351. The molecular weight excluding hydrogens is 554 g/mol. The van der Waals surface area contributed by atoms with E-state index in [-0.39, 0.29) is 11.9 Å². The molecule has 5 aromatic carbocycles. The number of methoxy groups -OCH3 is 2. The molecule has 44 heavy (non-hydrogen) atoms. The number of benzene rings is 5. The van der Waals surface area contributed by atoms with Gasteiger partial charge in [-0.15, -0.1) is 0 Å². The van der Waals surface area contributed by atoms with Gasteiger partial charge in [0.05, 0.1) is 25.3 Å². The Morgan fingerprint density at radius 3 is 1.57 bits per heavy atom. The monoisotopic (exact) mass is 591 g/mol. The molecule has 2 saturated carbocycles. The van der Waals surface area contributed by atoms with Crippen LogP contribution in [0.25, 0.3) is 43.1 Å². The predicted octanol–water partition coefficient (Wildman–Crippen LogP) is 7.99. The van der Waals surface area contributed by atoms with Crippen molar-refractivity contribution >= 4 is 67.2 Å². The molecule has 0 aliphatic heterocycles. The Bertz CT molecular complexity index is 1890. The normalized spacial score (nSPS) is 15.5. The average molecular weight is 592 g/mol. The molecule has 1 amide bonds. The van der Waals surface area contributed by atoms with Crippen molar-refractivity contribution < 1.29 is 28.7 Å². The number of aldehydes is 1. The van der Waals surface area contributed by atoms with Crippen molar-refractivity contribution in [2.75, 3.05) is 14.2 Å². The first kappa shape index (κ1) is 29.5. The highest BCUT2D eigenvalue weighted by Crippen LogP contribution is 2.44. The molecule has 226 valence electrons. The van der Waals surface area contributed by atoms with Gasteiger partial charge in [-0.2, -0.15) is 0 Å². The number of esters is 2. The van der Waals surface area contributed by atoms with Crippen LogP contribution in [0.2, 0.25) is 0 Å². The molecule has 0 heterocycles. The van der Waals surface area contributed by atoms with Crippen LogP contribution in [0.5, 0.6) is 0 Å². The summed E-state index contributed by atoms with van der Waals surface area (Å²) in [6, 6.07) is 14.2. The topological polar surface area (TPSA) is 98.8 Å². The van der Waals surface area contributed by atoms with Crippen LogP contribution in [0.4, 0.5) is 0 Å². The molecule has 0 atom stereocenters. The quantitative estimate of drug-likeness (QED) is 0.0963. The molecule has 5 aromatic rings. The zero-order valence-corrected chi connectivity index (χ0v) is 25.5. The summed E-state index contributed by atoms with van der Waals surface area (Å²) in [4.78, 5) is 51.1. The van der Waals surface area contributed by atoms with E-state index in [4.69, 9.17) is 9.47 Å². The molecule has 2 fully saturated rings. The minimum atomic E-state index is -0.535. The fourth-order valence-corrected chi connectivity index (χ4v) is 7.23. The molecule has 7 nitrogen and oxygen atoms in total. The zero-order valence-electron chi connectivity index (χ0n) is 25.5. The van der Waals surface area contributed by atoms with Crippen molar-refractivity contribution in [2.24, 2.45) is 5.92 Å². The van der Waals surface area contributed by atoms with E-state index < -0.39 is 11.9 Å². The maximum atomic E-state index is 13.5. The predicted molar refractivity (Wildman–Crippen MR) is 173 cm³/mol. The largest absolute Gasteiger partial charge is 0.465 e. The molecule has 0 aromatic heterocycles. The third kappa shape index (κ3) is 5.04. The molecule has 7 heteroatoms. The molecule has 1 N–H and O–H groups in total. The van der Waals surface area contributed by atoms with E-state index in [2.05, 4.69) is 12.2 Å². The molecule has 0 bridgehead atoms. The molecule has 0 saturated heterocycles. The highest BCUT2D eigenvalue weighted by atomic mass is 16.5. The number of ether oxygens (including phenoxy) is 2. The number of hydrogen-bond donors (Lipinski definition) is 1. The number of hydrogen-bond acceptors (Lipinski definition) is 6. The second-order valence-corrected chi connectivity index (χ2v) is 12.1. The molecule has 0 spiro atoms. The number of nitrogens with one attached hydrogen (secondary N) is 1. The number of carbonyl (C=O) groups is 4. The summed E-state index contributed by atoms with van der Waals surface area (Å²) in [7, 11) is 2.63. The van der Waals surface area contributed by atoms with Gasteiger partial charge in [0.15, 0.2) is 6.29 Å². The van der Waals surface area contributed by atoms with Crippen LogP contribution < -0.4 is 5.32 Å². The van der Waals surface area contributed by atoms with E-state index in [1.807, 2.05) is 24.3 Å². The van der Waals surface area contributed by atoms with Gasteiger partial charge < -0.3 is 14.8 Å². The Kier molecular flexibility index (Phi) is 8.21. The van der Waals surface area contributed by atoms with Crippen molar-refractivity contribution in [3.63, 3.8) is 0 Å². The first-order chi connectivity index (χ1) is 21.4. The SMILES string of the molecule is CC1CCCC1.COC(=O)c1ccc2c3ccc(C(=O)NC4CCCC4)c4c(C(=O)OC)ccc(c5ccc(C=O)c1c25)c43. The Hall–Kier alpha value is -4.52. The zero-order chi connectivity index (χ0) is 31.0. The second-order valence-electron chi connectivity index (χ2n) is 12.1. The van der Waals surface area contributed by atoms with Crippen LogP contribution in [-0.2, 0) is 9.47 Å². The van der Waals surface area contributed by atoms with E-state index in [9.17, 15) is 19.2 Å². The van der Waals surface area contributed by atoms with Crippen molar-refractivity contribution in [1.29, 1.82) is 0 Å². The average Bonchev–Trinajstić information content (AvgIpc) is 3.76. The van der Waals surface area contributed by atoms with E-state index in [1.54, 1.807) is 24.3 Å². The van der Waals surface area contributed by atoms with E-state index in [1.165, 1.54) is 39.9 Å². The van der Waals surface area contributed by atoms with Crippen molar-refractivity contribution in [1.82, 2.24) is 5.32 Å². The van der Waals surface area contributed by atoms with E-state index >= 15 is 0 Å². The number of rotatable bonds is 5. The van der Waals surface area contributed by atoms with Crippen LogP contribution in [0.15, 0.2) is 48.5 Å². The summed E-state index contributed by atoms with van der Waals surface area (Å²) in [6.07, 6.45) is 10.7. The summed E-state index contributed by atoms with van der Waals surface area (Å²) >= 11 is 0. The fourth-order valence-electron chi connectivity index (χ4n) is 7.23.